The summed E-state index contributed by atoms with van der Waals surface area (Å²) in [5, 5.41) is 0. The molecule has 3 aliphatic rings. The summed E-state index contributed by atoms with van der Waals surface area (Å²) in [6, 6.07) is 0. The first kappa shape index (κ1) is 18.4. The van der Waals surface area contributed by atoms with Gasteiger partial charge in [-0.25, -0.2) is 15.0 Å². The number of carbonyl (C=O) groups is 1. The van der Waals surface area contributed by atoms with Crippen molar-refractivity contribution >= 4 is 11.9 Å². The maximum atomic E-state index is 12.9. The van der Waals surface area contributed by atoms with Crippen LogP contribution in [0.5, 0.6) is 0 Å². The summed E-state index contributed by atoms with van der Waals surface area (Å²) in [6.45, 7) is 7.10. The van der Waals surface area contributed by atoms with Gasteiger partial charge in [0.2, 0.25) is 5.95 Å². The van der Waals surface area contributed by atoms with Gasteiger partial charge in [-0.3, -0.25) is 9.78 Å². The molecule has 2 aromatic heterocycles. The Morgan fingerprint density at radius 1 is 1.07 bits per heavy atom. The summed E-state index contributed by atoms with van der Waals surface area (Å²) < 4.78 is 11.3. The number of rotatable bonds is 2. The average Bonchev–Trinajstić information content (AvgIpc) is 3.19. The third-order valence-electron chi connectivity index (χ3n) is 5.93. The molecule has 1 amide bonds. The quantitative estimate of drug-likeness (QED) is 0.733. The van der Waals surface area contributed by atoms with E-state index in [9.17, 15) is 4.79 Å². The number of ether oxygens (including phenoxy) is 2. The van der Waals surface area contributed by atoms with Gasteiger partial charge in [-0.05, 0) is 13.3 Å². The van der Waals surface area contributed by atoms with E-state index in [1.54, 1.807) is 12.4 Å². The van der Waals surface area contributed by atoms with E-state index in [0.29, 0.717) is 45.2 Å². The normalized spacial score (nSPS) is 24.0. The number of hydrogen-bond acceptors (Lipinski definition) is 8. The van der Waals surface area contributed by atoms with Gasteiger partial charge in [0.25, 0.3) is 5.91 Å². The van der Waals surface area contributed by atoms with Crippen LogP contribution in [0.1, 0.15) is 33.9 Å². The number of hydrogen-bond donors (Lipinski definition) is 0. The molecule has 0 bridgehead atoms. The Kier molecular flexibility index (Phi) is 4.63. The van der Waals surface area contributed by atoms with Crippen molar-refractivity contribution in [3.05, 3.63) is 41.2 Å². The minimum atomic E-state index is -0.300. The van der Waals surface area contributed by atoms with Crippen LogP contribution in [0.15, 0.2) is 18.6 Å². The van der Waals surface area contributed by atoms with Crippen molar-refractivity contribution < 1.29 is 14.3 Å². The van der Waals surface area contributed by atoms with E-state index in [1.807, 2.05) is 18.0 Å². The maximum Gasteiger partial charge on any atom is 0.274 e. The second kappa shape index (κ2) is 7.31. The van der Waals surface area contributed by atoms with Crippen LogP contribution in [-0.2, 0) is 21.5 Å². The summed E-state index contributed by atoms with van der Waals surface area (Å²) in [4.78, 5) is 34.9. The number of anilines is 1. The number of morpholine rings is 1. The van der Waals surface area contributed by atoms with Crippen LogP contribution in [0, 0.1) is 6.92 Å². The van der Waals surface area contributed by atoms with Gasteiger partial charge in [-0.15, -0.1) is 0 Å². The molecule has 29 heavy (non-hydrogen) atoms. The molecule has 5 heterocycles. The molecule has 2 aromatic rings. The second-order valence-electron chi connectivity index (χ2n) is 7.94. The van der Waals surface area contributed by atoms with E-state index in [1.165, 1.54) is 0 Å². The largest absolute Gasteiger partial charge is 0.378 e. The molecule has 5 rings (SSSR count). The highest BCUT2D eigenvalue weighted by atomic mass is 16.5. The summed E-state index contributed by atoms with van der Waals surface area (Å²) in [6.07, 6.45) is 5.86. The maximum absolute atomic E-state index is 12.9. The molecular weight excluding hydrogens is 372 g/mol. The Hall–Kier alpha value is -2.65. The van der Waals surface area contributed by atoms with Crippen LogP contribution in [-0.4, -0.2) is 76.7 Å². The molecule has 1 atom stereocenters. The average molecular weight is 396 g/mol. The predicted molar refractivity (Wildman–Crippen MR) is 104 cm³/mol. The van der Waals surface area contributed by atoms with Crippen LogP contribution >= 0.6 is 0 Å². The Morgan fingerprint density at radius 3 is 2.72 bits per heavy atom. The zero-order valence-corrected chi connectivity index (χ0v) is 16.5. The van der Waals surface area contributed by atoms with Gasteiger partial charge in [0.05, 0.1) is 49.4 Å². The molecule has 0 N–H and O–H groups in total. The van der Waals surface area contributed by atoms with Crippen molar-refractivity contribution in [2.24, 2.45) is 0 Å². The van der Waals surface area contributed by atoms with E-state index < -0.39 is 0 Å². The van der Waals surface area contributed by atoms with Crippen molar-refractivity contribution in [1.29, 1.82) is 0 Å². The van der Waals surface area contributed by atoms with Gasteiger partial charge in [-0.2, -0.15) is 0 Å². The number of likely N-dealkylation sites (tertiary alicyclic amines) is 1. The minimum absolute atomic E-state index is 0.0936. The second-order valence-corrected chi connectivity index (χ2v) is 7.94. The molecule has 0 aliphatic carbocycles. The van der Waals surface area contributed by atoms with Gasteiger partial charge < -0.3 is 19.3 Å². The zero-order valence-electron chi connectivity index (χ0n) is 16.5. The fraction of sp³-hybridized carbons (Fsp3) is 0.550. The smallest absolute Gasteiger partial charge is 0.274 e. The molecule has 0 unspecified atom stereocenters. The number of fused-ring (bicyclic) bond motifs is 2. The number of aromatic nitrogens is 4. The molecular formula is C20H24N6O3. The molecule has 9 nitrogen and oxygen atoms in total. The van der Waals surface area contributed by atoms with E-state index in [4.69, 9.17) is 14.5 Å². The molecule has 0 aromatic carbocycles. The monoisotopic (exact) mass is 396 g/mol. The highest BCUT2D eigenvalue weighted by Gasteiger charge is 2.46. The molecule has 2 saturated heterocycles. The fourth-order valence-corrected chi connectivity index (χ4v) is 4.32. The van der Waals surface area contributed by atoms with Crippen molar-refractivity contribution in [3.63, 3.8) is 0 Å². The van der Waals surface area contributed by atoms with Crippen LogP contribution in [0.4, 0.5) is 5.95 Å². The van der Waals surface area contributed by atoms with Gasteiger partial charge in [-0.1, -0.05) is 0 Å². The van der Waals surface area contributed by atoms with E-state index >= 15 is 0 Å². The molecule has 152 valence electrons. The minimum Gasteiger partial charge on any atom is -0.378 e. The van der Waals surface area contributed by atoms with Crippen LogP contribution in [0.2, 0.25) is 0 Å². The Balaban J connectivity index is 1.42. The molecule has 2 fully saturated rings. The highest BCUT2D eigenvalue weighted by molar-refractivity contribution is 5.92. The number of nitrogens with zero attached hydrogens (tertiary/aromatic N) is 6. The topological polar surface area (TPSA) is 93.6 Å². The fourth-order valence-electron chi connectivity index (χ4n) is 4.32. The van der Waals surface area contributed by atoms with Crippen molar-refractivity contribution in [3.8, 4) is 0 Å². The van der Waals surface area contributed by atoms with E-state index in [0.717, 1.165) is 42.4 Å². The van der Waals surface area contributed by atoms with Crippen LogP contribution in [0.25, 0.3) is 0 Å². The Labute approximate surface area is 169 Å². The van der Waals surface area contributed by atoms with Crippen LogP contribution in [0.3, 0.4) is 0 Å². The van der Waals surface area contributed by atoms with Gasteiger partial charge in [0, 0.05) is 44.1 Å². The highest BCUT2D eigenvalue weighted by Crippen LogP contribution is 2.39. The molecule has 0 radical (unpaired) electrons. The van der Waals surface area contributed by atoms with Gasteiger partial charge in [0.1, 0.15) is 5.69 Å². The molecule has 1 spiro atoms. The lowest BCUT2D eigenvalue weighted by atomic mass is 9.80. The van der Waals surface area contributed by atoms with Crippen molar-refractivity contribution in [1.82, 2.24) is 24.8 Å². The molecule has 3 aliphatic heterocycles. The van der Waals surface area contributed by atoms with E-state index in [2.05, 4.69) is 19.9 Å². The Bertz CT molecular complexity index is 915. The first-order valence-electron chi connectivity index (χ1n) is 9.99. The van der Waals surface area contributed by atoms with E-state index in [-0.39, 0.29) is 11.3 Å². The lowest BCUT2D eigenvalue weighted by Crippen LogP contribution is -2.43. The Morgan fingerprint density at radius 2 is 1.93 bits per heavy atom. The number of carbonyl (C=O) groups excluding carboxylic acids is 1. The summed E-state index contributed by atoms with van der Waals surface area (Å²) >= 11 is 0. The summed E-state index contributed by atoms with van der Waals surface area (Å²) in [7, 11) is 0. The third-order valence-corrected chi connectivity index (χ3v) is 5.93. The standard InChI is InChI=1S/C20H24N6O3/c1-14-8-22-16(10-21-14)18(27)26-3-2-20(12-26)13-29-11-15-9-23-19(24-17(15)20)25-4-6-28-7-5-25/h8-10H,2-7,11-13H2,1H3/t20-/m0/s1. The lowest BCUT2D eigenvalue weighted by Gasteiger charge is -2.35. The number of amides is 1. The number of aryl methyl sites for hydroxylation is 1. The van der Waals surface area contributed by atoms with Crippen molar-refractivity contribution in [2.45, 2.75) is 25.4 Å². The first-order chi connectivity index (χ1) is 14.1. The lowest BCUT2D eigenvalue weighted by molar-refractivity contribution is 0.0482. The molecule has 0 saturated carbocycles. The SMILES string of the molecule is Cc1cnc(C(=O)N2CC[C@@]3(COCc4cnc(N5CCOCC5)nc43)C2)cn1. The molecule has 9 heteroatoms. The first-order valence-corrected chi connectivity index (χ1v) is 9.99. The van der Waals surface area contributed by atoms with Crippen LogP contribution < -0.4 is 4.90 Å². The summed E-state index contributed by atoms with van der Waals surface area (Å²) in [5.41, 5.74) is 2.90. The predicted octanol–water partition coefficient (Wildman–Crippen LogP) is 0.726. The zero-order chi connectivity index (χ0) is 19.8. The van der Waals surface area contributed by atoms with Gasteiger partial charge >= 0.3 is 0 Å². The van der Waals surface area contributed by atoms with Crippen molar-refractivity contribution in [2.75, 3.05) is 50.9 Å². The summed E-state index contributed by atoms with van der Waals surface area (Å²) in [5.74, 6) is 0.645. The van der Waals surface area contributed by atoms with Gasteiger partial charge in [0.15, 0.2) is 0 Å². The third kappa shape index (κ3) is 3.34.